The average Bonchev–Trinajstić information content (AvgIpc) is 3.33. The Kier molecular flexibility index (Phi) is 27.3. The number of primary amides is 1. The topological polar surface area (TPSA) is 182 Å². The second-order valence-corrected chi connectivity index (χ2v) is 13.0. The van der Waals surface area contributed by atoms with Crippen LogP contribution in [0.3, 0.4) is 0 Å². The zero-order chi connectivity index (χ0) is 36.1. The number of ether oxygens (including phenoxy) is 7. The summed E-state index contributed by atoms with van der Waals surface area (Å²) in [5.41, 5.74) is 5.50. The number of nitrogens with zero attached hydrogens (tertiary/aromatic N) is 2. The fourth-order valence-corrected chi connectivity index (χ4v) is 5.81. The molecule has 0 radical (unpaired) electrons. The number of Topliss-reactive ketones (excluding diaryl/α,β-unsaturated/α-hetero) is 2. The van der Waals surface area contributed by atoms with Crippen LogP contribution in [-0.2, 0) is 57.1 Å². The third-order valence-electron chi connectivity index (χ3n) is 7.29. The van der Waals surface area contributed by atoms with E-state index in [9.17, 15) is 24.0 Å². The minimum absolute atomic E-state index is 0.000155. The predicted octanol–water partition coefficient (Wildman–Crippen LogP) is 0.735. The van der Waals surface area contributed by atoms with Crippen LogP contribution < -0.4 is 5.73 Å². The SMILES string of the molecule is COCCOCCOCCOCCOCCOCCOCCCC(=O)CCN1C(=O)CC(SC[C@H](CC(=O)CCCN(C)C)C(N)=O)C1=O. The van der Waals surface area contributed by atoms with Crippen molar-refractivity contribution in [3.63, 3.8) is 0 Å². The first kappa shape index (κ1) is 45.0. The Hall–Kier alpha value is -2.02. The molecule has 0 spiro atoms. The summed E-state index contributed by atoms with van der Waals surface area (Å²) >= 11 is 1.17. The Morgan fingerprint density at radius 1 is 0.755 bits per heavy atom. The van der Waals surface area contributed by atoms with Gasteiger partial charge in [-0.05, 0) is 33.5 Å². The number of thioether (sulfide) groups is 1. The Bertz CT molecular complexity index is 943. The molecule has 1 aliphatic rings. The van der Waals surface area contributed by atoms with Gasteiger partial charge in [-0.15, -0.1) is 11.8 Å². The fourth-order valence-electron chi connectivity index (χ4n) is 4.54. The molecule has 1 unspecified atom stereocenters. The minimum Gasteiger partial charge on any atom is -0.382 e. The van der Waals surface area contributed by atoms with Crippen molar-refractivity contribution in [1.82, 2.24) is 9.80 Å². The van der Waals surface area contributed by atoms with Crippen LogP contribution in [0.2, 0.25) is 0 Å². The van der Waals surface area contributed by atoms with Crippen LogP contribution in [0.25, 0.3) is 0 Å². The van der Waals surface area contributed by atoms with Crippen LogP contribution in [0.4, 0.5) is 0 Å². The Morgan fingerprint density at radius 3 is 1.73 bits per heavy atom. The Morgan fingerprint density at radius 2 is 1.24 bits per heavy atom. The normalized spacial score (nSPS) is 15.4. The molecule has 16 heteroatoms. The molecule has 0 aromatic heterocycles. The average molecular weight is 722 g/mol. The molecular weight excluding hydrogens is 662 g/mol. The lowest BCUT2D eigenvalue weighted by molar-refractivity contribution is -0.138. The van der Waals surface area contributed by atoms with E-state index < -0.39 is 17.1 Å². The number of amides is 3. The molecule has 0 aliphatic carbocycles. The lowest BCUT2D eigenvalue weighted by atomic mass is 10.0. The molecule has 3 amide bonds. The standard InChI is InChI=1S/C33H59N3O12S/c1-35(2)9-4-6-29(38)24-27(32(34)40)26-49-30-25-31(39)36(33(30)41)10-8-28(37)7-5-11-43-14-15-45-18-19-47-22-23-48-21-20-46-17-16-44-13-12-42-3/h27,30H,4-26H2,1-3H3,(H2,34,40)/t27-,30?/m0/s1. The van der Waals surface area contributed by atoms with Crippen molar-refractivity contribution in [2.75, 3.05) is 126 Å². The van der Waals surface area contributed by atoms with Gasteiger partial charge >= 0.3 is 0 Å². The monoisotopic (exact) mass is 721 g/mol. The highest BCUT2D eigenvalue weighted by molar-refractivity contribution is 8.00. The van der Waals surface area contributed by atoms with E-state index in [2.05, 4.69) is 0 Å². The lowest BCUT2D eigenvalue weighted by Gasteiger charge is -2.16. The third-order valence-corrected chi connectivity index (χ3v) is 8.65. The van der Waals surface area contributed by atoms with E-state index in [-0.39, 0.29) is 61.4 Å². The first-order chi connectivity index (χ1) is 23.6. The fraction of sp³-hybridized carbons (Fsp3) is 0.848. The maximum atomic E-state index is 12.8. The second kappa shape index (κ2) is 29.7. The predicted molar refractivity (Wildman–Crippen MR) is 183 cm³/mol. The van der Waals surface area contributed by atoms with Crippen molar-refractivity contribution in [3.05, 3.63) is 0 Å². The summed E-state index contributed by atoms with van der Waals surface area (Å²) in [5, 5.41) is -0.650. The molecule has 0 bridgehead atoms. The van der Waals surface area contributed by atoms with Crippen LogP contribution in [-0.4, -0.2) is 170 Å². The number of imide groups is 1. The number of hydrogen-bond donors (Lipinski definition) is 1. The van der Waals surface area contributed by atoms with Gasteiger partial charge in [0.05, 0.1) is 90.5 Å². The molecule has 15 nitrogen and oxygen atoms in total. The van der Waals surface area contributed by atoms with E-state index in [0.29, 0.717) is 105 Å². The highest BCUT2D eigenvalue weighted by Crippen LogP contribution is 2.28. The van der Waals surface area contributed by atoms with Crippen LogP contribution in [0, 0.1) is 5.92 Å². The highest BCUT2D eigenvalue weighted by Gasteiger charge is 2.39. The van der Waals surface area contributed by atoms with Crippen LogP contribution >= 0.6 is 11.8 Å². The summed E-state index contributed by atoms with van der Waals surface area (Å²) in [6, 6.07) is 0. The molecule has 1 aliphatic heterocycles. The summed E-state index contributed by atoms with van der Waals surface area (Å²) in [4.78, 5) is 64.9. The quantitative estimate of drug-likeness (QED) is 0.0714. The summed E-state index contributed by atoms with van der Waals surface area (Å²) in [7, 11) is 5.47. The van der Waals surface area contributed by atoms with E-state index in [1.807, 2.05) is 19.0 Å². The first-order valence-corrected chi connectivity index (χ1v) is 18.1. The third kappa shape index (κ3) is 23.9. The molecule has 1 fully saturated rings. The summed E-state index contributed by atoms with van der Waals surface area (Å²) in [5.74, 6) is -1.93. The van der Waals surface area contributed by atoms with Gasteiger partial charge in [-0.3, -0.25) is 28.9 Å². The highest BCUT2D eigenvalue weighted by atomic mass is 32.2. The van der Waals surface area contributed by atoms with Gasteiger partial charge in [-0.2, -0.15) is 0 Å². The Balaban J connectivity index is 2.02. The van der Waals surface area contributed by atoms with Crippen molar-refractivity contribution >= 4 is 41.0 Å². The van der Waals surface area contributed by atoms with Gasteiger partial charge in [-0.25, -0.2) is 0 Å². The van der Waals surface area contributed by atoms with E-state index in [1.165, 1.54) is 11.8 Å². The molecule has 49 heavy (non-hydrogen) atoms. The zero-order valence-electron chi connectivity index (χ0n) is 29.7. The van der Waals surface area contributed by atoms with Crippen molar-refractivity contribution in [3.8, 4) is 0 Å². The number of methoxy groups -OCH3 is 1. The number of likely N-dealkylation sites (tertiary alicyclic amines) is 1. The Labute approximate surface area is 295 Å². The molecule has 0 aromatic rings. The number of carbonyl (C=O) groups is 5. The van der Waals surface area contributed by atoms with Crippen LogP contribution in [0.5, 0.6) is 0 Å². The molecule has 2 atom stereocenters. The number of hydrogen-bond acceptors (Lipinski definition) is 14. The maximum absolute atomic E-state index is 12.8. The van der Waals surface area contributed by atoms with E-state index in [0.717, 1.165) is 11.4 Å². The van der Waals surface area contributed by atoms with E-state index in [1.54, 1.807) is 7.11 Å². The number of nitrogens with two attached hydrogens (primary N) is 1. The van der Waals surface area contributed by atoms with Gasteiger partial charge in [0.15, 0.2) is 0 Å². The number of carbonyl (C=O) groups excluding carboxylic acids is 5. The van der Waals surface area contributed by atoms with Gasteiger partial charge in [0, 0.05) is 58.1 Å². The number of rotatable bonds is 35. The number of ketones is 2. The lowest BCUT2D eigenvalue weighted by Crippen LogP contribution is -2.34. The molecular formula is C33H59N3O12S. The van der Waals surface area contributed by atoms with Gasteiger partial charge in [0.2, 0.25) is 17.7 Å². The van der Waals surface area contributed by atoms with Crippen molar-refractivity contribution in [2.24, 2.45) is 11.7 Å². The molecule has 1 rings (SSSR count). The van der Waals surface area contributed by atoms with Gasteiger partial charge in [0.25, 0.3) is 0 Å². The van der Waals surface area contributed by atoms with Gasteiger partial charge in [0.1, 0.15) is 11.6 Å². The molecule has 1 heterocycles. The first-order valence-electron chi connectivity index (χ1n) is 17.0. The van der Waals surface area contributed by atoms with E-state index >= 15 is 0 Å². The second-order valence-electron chi connectivity index (χ2n) is 11.7. The smallest absolute Gasteiger partial charge is 0.242 e. The van der Waals surface area contributed by atoms with Crippen molar-refractivity contribution in [1.29, 1.82) is 0 Å². The summed E-state index contributed by atoms with van der Waals surface area (Å²) in [6.07, 6.45) is 1.96. The molecule has 284 valence electrons. The van der Waals surface area contributed by atoms with Crippen molar-refractivity contribution < 1.29 is 57.1 Å². The van der Waals surface area contributed by atoms with E-state index in [4.69, 9.17) is 38.9 Å². The summed E-state index contributed by atoms with van der Waals surface area (Å²) in [6.45, 7) is 6.97. The minimum atomic E-state index is -0.700. The molecule has 0 saturated carbocycles. The maximum Gasteiger partial charge on any atom is 0.242 e. The molecule has 2 N–H and O–H groups in total. The zero-order valence-corrected chi connectivity index (χ0v) is 30.5. The van der Waals surface area contributed by atoms with Crippen LogP contribution in [0.15, 0.2) is 0 Å². The largest absolute Gasteiger partial charge is 0.382 e. The van der Waals surface area contributed by atoms with Crippen LogP contribution in [0.1, 0.15) is 44.9 Å². The summed E-state index contributed by atoms with van der Waals surface area (Å²) < 4.78 is 37.4. The van der Waals surface area contributed by atoms with Gasteiger partial charge < -0.3 is 43.8 Å². The molecule has 0 aromatic carbocycles. The van der Waals surface area contributed by atoms with Crippen molar-refractivity contribution in [2.45, 2.75) is 50.2 Å². The van der Waals surface area contributed by atoms with Gasteiger partial charge in [-0.1, -0.05) is 0 Å². The molecule has 1 saturated heterocycles.